The molecule has 1 fully saturated rings. The molecule has 74 valence electrons. The second kappa shape index (κ2) is 4.37. The molecule has 4 heteroatoms. The summed E-state index contributed by atoms with van der Waals surface area (Å²) in [5.74, 6) is -0.891. The molecule has 0 aromatic carbocycles. The first-order valence-electron chi connectivity index (χ1n) is 4.64. The van der Waals surface area contributed by atoms with Crippen LogP contribution in [0.1, 0.15) is 20.3 Å². The van der Waals surface area contributed by atoms with E-state index in [1.165, 1.54) is 20.0 Å². The lowest BCUT2D eigenvalue weighted by Crippen LogP contribution is -2.32. The number of nitrogens with zero attached hydrogens (tertiary/aromatic N) is 1. The van der Waals surface area contributed by atoms with Gasteiger partial charge in [-0.25, -0.2) is 0 Å². The van der Waals surface area contributed by atoms with E-state index in [1.807, 2.05) is 0 Å². The molecule has 1 unspecified atom stereocenters. The summed E-state index contributed by atoms with van der Waals surface area (Å²) in [4.78, 5) is 23.7. The number of hydrogen-bond acceptors (Lipinski definition) is 3. The molecule has 0 radical (unpaired) electrons. The summed E-state index contributed by atoms with van der Waals surface area (Å²) in [7, 11) is 0. The topological polar surface area (TPSA) is 49.2 Å². The van der Waals surface area contributed by atoms with Crippen molar-refractivity contribution in [2.24, 2.45) is 0 Å². The van der Waals surface area contributed by atoms with Gasteiger partial charge >= 0.3 is 0 Å². The number of amides is 1. The summed E-state index contributed by atoms with van der Waals surface area (Å²) >= 11 is 0. The highest BCUT2D eigenvalue weighted by molar-refractivity contribution is 6.35. The molecule has 1 aliphatic rings. The van der Waals surface area contributed by atoms with Crippen molar-refractivity contribution in [3.05, 3.63) is 0 Å². The molecule has 0 bridgehead atoms. The number of nitrogens with one attached hydrogen (secondary N) is 1. The molecular formula is C9H16N2O2. The molecule has 0 saturated carbocycles. The van der Waals surface area contributed by atoms with E-state index in [1.54, 1.807) is 0 Å². The summed E-state index contributed by atoms with van der Waals surface area (Å²) in [6.45, 7) is 6.34. The van der Waals surface area contributed by atoms with Crippen molar-refractivity contribution in [3.8, 4) is 0 Å². The highest BCUT2D eigenvalue weighted by atomic mass is 16.2. The molecule has 1 N–H and O–H groups in total. The van der Waals surface area contributed by atoms with Crippen molar-refractivity contribution in [1.82, 2.24) is 10.2 Å². The van der Waals surface area contributed by atoms with Crippen molar-refractivity contribution < 1.29 is 9.59 Å². The van der Waals surface area contributed by atoms with Crippen LogP contribution >= 0.6 is 0 Å². The zero-order chi connectivity index (χ0) is 9.84. The maximum atomic E-state index is 10.8. The Morgan fingerprint density at radius 2 is 2.08 bits per heavy atom. The van der Waals surface area contributed by atoms with E-state index in [9.17, 15) is 9.59 Å². The van der Waals surface area contributed by atoms with Gasteiger partial charge in [0.05, 0.1) is 0 Å². The zero-order valence-electron chi connectivity index (χ0n) is 8.17. The van der Waals surface area contributed by atoms with Crippen molar-refractivity contribution in [2.75, 3.05) is 19.6 Å². The molecule has 1 aliphatic heterocycles. The van der Waals surface area contributed by atoms with Crippen LogP contribution in [-0.2, 0) is 9.59 Å². The van der Waals surface area contributed by atoms with Crippen molar-refractivity contribution in [3.63, 3.8) is 0 Å². The second-order valence-corrected chi connectivity index (χ2v) is 3.49. The fourth-order valence-corrected chi connectivity index (χ4v) is 1.20. The molecule has 0 aliphatic carbocycles. The van der Waals surface area contributed by atoms with E-state index in [2.05, 4.69) is 17.1 Å². The van der Waals surface area contributed by atoms with Gasteiger partial charge in [-0.2, -0.15) is 0 Å². The lowest BCUT2D eigenvalue weighted by atomic mass is 10.2. The largest absolute Gasteiger partial charge is 0.349 e. The standard InChI is InChI=1S/C9H16N2O2/c1-7(11-5-6-11)3-4-10-9(13)8(2)12/h7H,3-6H2,1-2H3,(H,10,13). The Hall–Kier alpha value is -0.900. The lowest BCUT2D eigenvalue weighted by Gasteiger charge is -2.11. The minimum absolute atomic E-state index is 0.417. The van der Waals surface area contributed by atoms with E-state index in [0.29, 0.717) is 12.6 Å². The molecular weight excluding hydrogens is 168 g/mol. The van der Waals surface area contributed by atoms with Gasteiger partial charge in [-0.3, -0.25) is 14.5 Å². The molecule has 0 aromatic heterocycles. The fourth-order valence-electron chi connectivity index (χ4n) is 1.20. The van der Waals surface area contributed by atoms with Gasteiger partial charge in [0.25, 0.3) is 5.91 Å². The number of hydrogen-bond donors (Lipinski definition) is 1. The summed E-state index contributed by atoms with van der Waals surface area (Å²) < 4.78 is 0. The number of carbonyl (C=O) groups excluding carboxylic acids is 2. The molecule has 13 heavy (non-hydrogen) atoms. The Morgan fingerprint density at radius 3 is 2.54 bits per heavy atom. The van der Waals surface area contributed by atoms with E-state index in [-0.39, 0.29) is 0 Å². The average Bonchev–Trinajstić information content (AvgIpc) is 2.85. The van der Waals surface area contributed by atoms with Gasteiger partial charge in [0.15, 0.2) is 0 Å². The van der Waals surface area contributed by atoms with Gasteiger partial charge in [0.1, 0.15) is 0 Å². The van der Waals surface area contributed by atoms with E-state index in [0.717, 1.165) is 6.42 Å². The number of carbonyl (C=O) groups is 2. The van der Waals surface area contributed by atoms with Crippen LogP contribution < -0.4 is 5.32 Å². The highest BCUT2D eigenvalue weighted by Crippen LogP contribution is 2.11. The molecule has 0 aromatic rings. The van der Waals surface area contributed by atoms with Crippen molar-refractivity contribution in [2.45, 2.75) is 26.3 Å². The molecule has 1 saturated heterocycles. The van der Waals surface area contributed by atoms with Crippen molar-refractivity contribution in [1.29, 1.82) is 0 Å². The summed E-state index contributed by atoms with van der Waals surface area (Å²) in [6.07, 6.45) is 0.916. The maximum Gasteiger partial charge on any atom is 0.287 e. The molecule has 1 heterocycles. The lowest BCUT2D eigenvalue weighted by molar-refractivity contribution is -0.136. The molecule has 1 atom stereocenters. The fraction of sp³-hybridized carbons (Fsp3) is 0.778. The highest BCUT2D eigenvalue weighted by Gasteiger charge is 2.23. The molecule has 1 amide bonds. The second-order valence-electron chi connectivity index (χ2n) is 3.49. The Balaban J connectivity index is 2.05. The Bertz CT molecular complexity index is 212. The van der Waals surface area contributed by atoms with Crippen LogP contribution in [0.3, 0.4) is 0 Å². The SMILES string of the molecule is CC(=O)C(=O)NCCC(C)N1CC1. The monoisotopic (exact) mass is 184 g/mol. The third kappa shape index (κ3) is 3.55. The zero-order valence-corrected chi connectivity index (χ0v) is 8.17. The van der Waals surface area contributed by atoms with Gasteiger partial charge < -0.3 is 5.32 Å². The normalized spacial score (nSPS) is 18.0. The van der Waals surface area contributed by atoms with Gasteiger partial charge in [-0.1, -0.05) is 0 Å². The van der Waals surface area contributed by atoms with Crippen LogP contribution in [0.2, 0.25) is 0 Å². The predicted octanol–water partition coefficient (Wildman–Crippen LogP) is -0.214. The predicted molar refractivity (Wildman–Crippen MR) is 49.3 cm³/mol. The molecule has 4 nitrogen and oxygen atoms in total. The third-order valence-electron chi connectivity index (χ3n) is 2.27. The van der Waals surface area contributed by atoms with Crippen LogP contribution in [0.15, 0.2) is 0 Å². The summed E-state index contributed by atoms with van der Waals surface area (Å²) in [5, 5.41) is 2.58. The quantitative estimate of drug-likeness (QED) is 0.475. The third-order valence-corrected chi connectivity index (χ3v) is 2.27. The number of Topliss-reactive ketones (excluding diaryl/α,β-unsaturated/α-hetero) is 1. The van der Waals surface area contributed by atoms with Gasteiger partial charge in [0.2, 0.25) is 5.78 Å². The van der Waals surface area contributed by atoms with Crippen LogP contribution in [0.25, 0.3) is 0 Å². The molecule has 0 spiro atoms. The van der Waals surface area contributed by atoms with Crippen LogP contribution in [0.5, 0.6) is 0 Å². The van der Waals surface area contributed by atoms with Gasteiger partial charge in [-0.15, -0.1) is 0 Å². The smallest absolute Gasteiger partial charge is 0.287 e. The minimum Gasteiger partial charge on any atom is -0.349 e. The van der Waals surface area contributed by atoms with Gasteiger partial charge in [-0.05, 0) is 13.3 Å². The summed E-state index contributed by atoms with van der Waals surface area (Å²) in [5.41, 5.74) is 0. The van der Waals surface area contributed by atoms with E-state index >= 15 is 0 Å². The Morgan fingerprint density at radius 1 is 1.46 bits per heavy atom. The number of ketones is 1. The molecule has 1 rings (SSSR count). The first kappa shape index (κ1) is 10.2. The number of rotatable bonds is 5. The summed E-state index contributed by atoms with van der Waals surface area (Å²) in [6, 6.07) is 0.521. The Labute approximate surface area is 78.3 Å². The van der Waals surface area contributed by atoms with Gasteiger partial charge in [0, 0.05) is 32.6 Å². The van der Waals surface area contributed by atoms with E-state index in [4.69, 9.17) is 0 Å². The maximum absolute atomic E-state index is 10.8. The first-order valence-corrected chi connectivity index (χ1v) is 4.64. The van der Waals surface area contributed by atoms with E-state index < -0.39 is 11.7 Å². The van der Waals surface area contributed by atoms with Crippen LogP contribution in [0, 0.1) is 0 Å². The van der Waals surface area contributed by atoms with Crippen molar-refractivity contribution >= 4 is 11.7 Å². The average molecular weight is 184 g/mol. The minimum atomic E-state index is -0.474. The van der Waals surface area contributed by atoms with Crippen LogP contribution in [-0.4, -0.2) is 42.3 Å². The Kier molecular flexibility index (Phi) is 3.42. The van der Waals surface area contributed by atoms with Crippen LogP contribution in [0.4, 0.5) is 0 Å². The first-order chi connectivity index (χ1) is 6.11.